The van der Waals surface area contributed by atoms with Gasteiger partial charge in [0.1, 0.15) is 0 Å². The van der Waals surface area contributed by atoms with Crippen LogP contribution >= 0.6 is 0 Å². The number of hydrogen-bond donors (Lipinski definition) is 1. The van der Waals surface area contributed by atoms with Gasteiger partial charge in [-0.15, -0.1) is 0 Å². The molecule has 0 aliphatic carbocycles. The standard InChI is InChI=1S/C6H14O7S2/c7-14(8)12-5-3-1-2-4-6-13-15(9,10)11/h1-6H2,(H,7,8)(H,9,10,11)/p-1. The van der Waals surface area contributed by atoms with Crippen molar-refractivity contribution in [3.8, 4) is 0 Å². The second-order valence-corrected chi connectivity index (χ2v) is 4.43. The van der Waals surface area contributed by atoms with E-state index in [1.807, 2.05) is 0 Å². The van der Waals surface area contributed by atoms with Crippen LogP contribution in [0, 0.1) is 0 Å². The van der Waals surface area contributed by atoms with Crippen molar-refractivity contribution in [1.82, 2.24) is 0 Å². The molecule has 9 heteroatoms. The van der Waals surface area contributed by atoms with E-state index < -0.39 is 21.8 Å². The number of rotatable bonds is 9. The second kappa shape index (κ2) is 8.13. The largest absolute Gasteiger partial charge is 0.750 e. The SMILES string of the molecule is O=S([O-])OCCCCCCOS(=O)(=O)O. The normalized spacial score (nSPS) is 14.0. The van der Waals surface area contributed by atoms with E-state index in [1.165, 1.54) is 0 Å². The maximum atomic E-state index is 10.1. The van der Waals surface area contributed by atoms with Crippen molar-refractivity contribution < 1.29 is 30.1 Å². The fourth-order valence-corrected chi connectivity index (χ4v) is 1.43. The van der Waals surface area contributed by atoms with Crippen molar-refractivity contribution in [2.45, 2.75) is 25.7 Å². The van der Waals surface area contributed by atoms with Gasteiger partial charge in [0.25, 0.3) is 0 Å². The fourth-order valence-electron chi connectivity index (χ4n) is 0.849. The molecule has 7 nitrogen and oxygen atoms in total. The van der Waals surface area contributed by atoms with Gasteiger partial charge in [0, 0.05) is 0 Å². The van der Waals surface area contributed by atoms with E-state index in [4.69, 9.17) is 4.55 Å². The predicted octanol–water partition coefficient (Wildman–Crippen LogP) is 0.177. The Morgan fingerprint density at radius 1 is 1.13 bits per heavy atom. The van der Waals surface area contributed by atoms with Gasteiger partial charge in [0.2, 0.25) is 0 Å². The smallest absolute Gasteiger partial charge is 0.397 e. The van der Waals surface area contributed by atoms with Crippen LogP contribution < -0.4 is 0 Å². The van der Waals surface area contributed by atoms with Crippen LogP contribution in [0.2, 0.25) is 0 Å². The summed E-state index contributed by atoms with van der Waals surface area (Å²) < 4.78 is 56.5. The molecule has 1 N–H and O–H groups in total. The minimum atomic E-state index is -4.34. The minimum Gasteiger partial charge on any atom is -0.750 e. The Hall–Kier alpha value is -0.0600. The Kier molecular flexibility index (Phi) is 8.10. The molecule has 0 aromatic rings. The first-order chi connectivity index (χ1) is 6.92. The van der Waals surface area contributed by atoms with Crippen molar-refractivity contribution >= 4 is 21.8 Å². The summed E-state index contributed by atoms with van der Waals surface area (Å²) in [6.45, 7) is 0.0441. The monoisotopic (exact) mass is 261 g/mol. The second-order valence-electron chi connectivity index (χ2n) is 2.69. The van der Waals surface area contributed by atoms with Crippen LogP contribution in [0.3, 0.4) is 0 Å². The van der Waals surface area contributed by atoms with E-state index in [2.05, 4.69) is 8.37 Å². The van der Waals surface area contributed by atoms with E-state index in [0.717, 1.165) is 0 Å². The molecule has 15 heavy (non-hydrogen) atoms. The molecule has 0 heterocycles. The molecule has 0 fully saturated rings. The Balaban J connectivity index is 3.16. The van der Waals surface area contributed by atoms with Crippen LogP contribution in [-0.2, 0) is 30.1 Å². The molecule has 0 spiro atoms. The third-order valence-corrected chi connectivity index (χ3v) is 2.27. The molecule has 0 aromatic carbocycles. The van der Waals surface area contributed by atoms with E-state index in [9.17, 15) is 17.2 Å². The summed E-state index contributed by atoms with van der Waals surface area (Å²) in [5.74, 6) is 0. The highest BCUT2D eigenvalue weighted by Crippen LogP contribution is 2.01. The lowest BCUT2D eigenvalue weighted by Gasteiger charge is -2.05. The van der Waals surface area contributed by atoms with Gasteiger partial charge < -0.3 is 8.74 Å². The van der Waals surface area contributed by atoms with E-state index in [-0.39, 0.29) is 13.2 Å². The van der Waals surface area contributed by atoms with Gasteiger partial charge in [-0.3, -0.25) is 4.55 Å². The highest BCUT2D eigenvalue weighted by atomic mass is 32.3. The first-order valence-electron chi connectivity index (χ1n) is 4.26. The third-order valence-electron chi connectivity index (χ3n) is 1.45. The number of hydrogen-bond acceptors (Lipinski definition) is 6. The molecular formula is C6H13O7S2-. The molecule has 0 aliphatic rings. The predicted molar refractivity (Wildman–Crippen MR) is 50.8 cm³/mol. The quantitative estimate of drug-likeness (QED) is 0.357. The van der Waals surface area contributed by atoms with Gasteiger partial charge in [0.15, 0.2) is 0 Å². The topological polar surface area (TPSA) is 113 Å². The molecule has 1 unspecified atom stereocenters. The zero-order valence-electron chi connectivity index (χ0n) is 7.96. The maximum absolute atomic E-state index is 10.1. The third kappa shape index (κ3) is 13.9. The first kappa shape index (κ1) is 14.9. The minimum absolute atomic E-state index is 0.0762. The molecule has 0 radical (unpaired) electrons. The molecule has 0 saturated carbocycles. The average molecular weight is 261 g/mol. The summed E-state index contributed by atoms with van der Waals surface area (Å²) >= 11 is -2.47. The van der Waals surface area contributed by atoms with Crippen molar-refractivity contribution in [2.24, 2.45) is 0 Å². The summed E-state index contributed by atoms with van der Waals surface area (Å²) in [5, 5.41) is 0. The zero-order valence-corrected chi connectivity index (χ0v) is 9.59. The fraction of sp³-hybridized carbons (Fsp3) is 1.00. The van der Waals surface area contributed by atoms with Crippen molar-refractivity contribution in [2.75, 3.05) is 13.2 Å². The molecule has 0 amide bonds. The van der Waals surface area contributed by atoms with Crippen LogP contribution in [0.15, 0.2) is 0 Å². The van der Waals surface area contributed by atoms with Gasteiger partial charge in [0.05, 0.1) is 24.6 Å². The van der Waals surface area contributed by atoms with Crippen LogP contribution in [0.5, 0.6) is 0 Å². The lowest BCUT2D eigenvalue weighted by Crippen LogP contribution is -2.04. The average Bonchev–Trinajstić information content (AvgIpc) is 2.07. The van der Waals surface area contributed by atoms with Gasteiger partial charge in [-0.2, -0.15) is 8.42 Å². The molecule has 1 atom stereocenters. The van der Waals surface area contributed by atoms with Gasteiger partial charge >= 0.3 is 10.4 Å². The Labute approximate surface area is 91.2 Å². The maximum Gasteiger partial charge on any atom is 0.397 e. The van der Waals surface area contributed by atoms with Gasteiger partial charge in [-0.05, 0) is 12.8 Å². The summed E-state index contributed by atoms with van der Waals surface area (Å²) in [5.41, 5.74) is 0. The molecule has 92 valence electrons. The molecule has 0 aliphatic heterocycles. The lowest BCUT2D eigenvalue weighted by molar-refractivity contribution is 0.256. The number of unbranched alkanes of at least 4 members (excludes halogenated alkanes) is 3. The van der Waals surface area contributed by atoms with Crippen LogP contribution in [0.1, 0.15) is 25.7 Å². The Bertz CT molecular complexity index is 273. The Morgan fingerprint density at radius 2 is 1.67 bits per heavy atom. The summed E-state index contributed by atoms with van der Waals surface area (Å²) in [4.78, 5) is 0. The molecule has 0 aromatic heterocycles. The molecule has 0 rings (SSSR count). The van der Waals surface area contributed by atoms with Crippen molar-refractivity contribution in [3.05, 3.63) is 0 Å². The van der Waals surface area contributed by atoms with E-state index in [1.54, 1.807) is 0 Å². The summed E-state index contributed by atoms with van der Waals surface area (Å²) in [6, 6.07) is 0. The first-order valence-corrected chi connectivity index (χ1v) is 6.63. The lowest BCUT2D eigenvalue weighted by atomic mass is 10.2. The van der Waals surface area contributed by atoms with E-state index in [0.29, 0.717) is 25.7 Å². The van der Waals surface area contributed by atoms with Gasteiger partial charge in [-0.1, -0.05) is 12.8 Å². The van der Waals surface area contributed by atoms with Crippen LogP contribution in [-0.4, -0.2) is 34.9 Å². The van der Waals surface area contributed by atoms with Crippen LogP contribution in [0.4, 0.5) is 0 Å². The summed E-state index contributed by atoms with van der Waals surface area (Å²) in [7, 11) is -4.34. The van der Waals surface area contributed by atoms with E-state index >= 15 is 0 Å². The highest BCUT2D eigenvalue weighted by molar-refractivity contribution is 7.80. The molecule has 0 bridgehead atoms. The summed E-state index contributed by atoms with van der Waals surface area (Å²) in [6.07, 6.45) is 2.41. The van der Waals surface area contributed by atoms with Crippen molar-refractivity contribution in [3.63, 3.8) is 0 Å². The Morgan fingerprint density at radius 3 is 2.13 bits per heavy atom. The van der Waals surface area contributed by atoms with Gasteiger partial charge in [-0.25, -0.2) is 8.39 Å². The van der Waals surface area contributed by atoms with Crippen LogP contribution in [0.25, 0.3) is 0 Å². The molecular weight excluding hydrogens is 248 g/mol. The molecule has 0 saturated heterocycles. The van der Waals surface area contributed by atoms with Crippen molar-refractivity contribution in [1.29, 1.82) is 0 Å². The highest BCUT2D eigenvalue weighted by Gasteiger charge is 2.02. The zero-order chi connectivity index (χ0) is 11.7.